The van der Waals surface area contributed by atoms with Crippen molar-refractivity contribution in [3.05, 3.63) is 0 Å². The standard InChI is InChI=1S/C11H22N2O2S/c1-10(2,6-12-8-14)5-11(3,4)7-13-9(15)16/h8H,5-7H2,1-4H3,(H,12,14)(H2,13,15,16). The molecule has 0 atom stereocenters. The second-order valence-corrected chi connectivity index (χ2v) is 6.07. The van der Waals surface area contributed by atoms with Gasteiger partial charge in [-0.1, -0.05) is 40.3 Å². The molecule has 94 valence electrons. The van der Waals surface area contributed by atoms with Crippen molar-refractivity contribution in [1.82, 2.24) is 10.6 Å². The van der Waals surface area contributed by atoms with E-state index < -0.39 is 0 Å². The van der Waals surface area contributed by atoms with E-state index in [4.69, 9.17) is 0 Å². The summed E-state index contributed by atoms with van der Waals surface area (Å²) in [5, 5.41) is 5.08. The van der Waals surface area contributed by atoms with Crippen molar-refractivity contribution in [1.29, 1.82) is 0 Å². The molecule has 0 fully saturated rings. The lowest BCUT2D eigenvalue weighted by Crippen LogP contribution is -2.38. The summed E-state index contributed by atoms with van der Waals surface area (Å²) in [5.74, 6) is 0. The van der Waals surface area contributed by atoms with Gasteiger partial charge in [0.1, 0.15) is 0 Å². The van der Waals surface area contributed by atoms with Gasteiger partial charge in [-0.15, -0.1) is 0 Å². The molecule has 0 aromatic heterocycles. The summed E-state index contributed by atoms with van der Waals surface area (Å²) in [6.45, 7) is 9.56. The van der Waals surface area contributed by atoms with Crippen LogP contribution in [0.2, 0.25) is 0 Å². The Morgan fingerprint density at radius 3 is 2.12 bits per heavy atom. The molecule has 2 amide bonds. The third-order valence-corrected chi connectivity index (χ3v) is 2.50. The Bertz CT molecular complexity index is 252. The number of hydrogen-bond acceptors (Lipinski definition) is 2. The second-order valence-electron chi connectivity index (χ2n) is 5.66. The van der Waals surface area contributed by atoms with Crippen molar-refractivity contribution < 1.29 is 9.59 Å². The van der Waals surface area contributed by atoms with Gasteiger partial charge in [-0.3, -0.25) is 9.59 Å². The van der Waals surface area contributed by atoms with Crippen LogP contribution in [0.4, 0.5) is 4.79 Å². The van der Waals surface area contributed by atoms with Crippen LogP contribution >= 0.6 is 12.6 Å². The molecular formula is C11H22N2O2S. The summed E-state index contributed by atoms with van der Waals surface area (Å²) in [7, 11) is 0. The lowest BCUT2D eigenvalue weighted by Gasteiger charge is -2.34. The van der Waals surface area contributed by atoms with Gasteiger partial charge in [-0.05, 0) is 17.3 Å². The van der Waals surface area contributed by atoms with E-state index in [9.17, 15) is 9.59 Å². The first-order valence-electron chi connectivity index (χ1n) is 5.32. The fourth-order valence-electron chi connectivity index (χ4n) is 2.05. The highest BCUT2D eigenvalue weighted by atomic mass is 32.1. The number of nitrogens with one attached hydrogen (secondary N) is 2. The van der Waals surface area contributed by atoms with Gasteiger partial charge in [-0.2, -0.15) is 0 Å². The summed E-state index contributed by atoms with van der Waals surface area (Å²) >= 11 is 3.67. The first-order chi connectivity index (χ1) is 7.18. The molecule has 0 aliphatic heterocycles. The molecule has 0 saturated carbocycles. The van der Waals surface area contributed by atoms with Gasteiger partial charge in [0, 0.05) is 13.1 Å². The van der Waals surface area contributed by atoms with Crippen LogP contribution in [0.1, 0.15) is 34.1 Å². The van der Waals surface area contributed by atoms with Gasteiger partial charge in [0.25, 0.3) is 5.24 Å². The van der Waals surface area contributed by atoms with Crippen LogP contribution in [0.5, 0.6) is 0 Å². The number of rotatable bonds is 7. The topological polar surface area (TPSA) is 58.2 Å². The molecule has 4 nitrogen and oxygen atoms in total. The summed E-state index contributed by atoms with van der Waals surface area (Å²) in [4.78, 5) is 21.0. The zero-order chi connectivity index (χ0) is 12.8. The largest absolute Gasteiger partial charge is 0.358 e. The van der Waals surface area contributed by atoms with Crippen molar-refractivity contribution in [2.45, 2.75) is 34.1 Å². The number of amides is 2. The van der Waals surface area contributed by atoms with E-state index in [1.807, 2.05) is 0 Å². The predicted octanol–water partition coefficient (Wildman–Crippen LogP) is 1.81. The molecule has 5 heteroatoms. The van der Waals surface area contributed by atoms with Crippen molar-refractivity contribution in [2.75, 3.05) is 13.1 Å². The van der Waals surface area contributed by atoms with Crippen LogP contribution < -0.4 is 10.6 Å². The minimum Gasteiger partial charge on any atom is -0.358 e. The molecular weight excluding hydrogens is 224 g/mol. The van der Waals surface area contributed by atoms with Crippen molar-refractivity contribution >= 4 is 24.3 Å². The van der Waals surface area contributed by atoms with Crippen LogP contribution in [0.25, 0.3) is 0 Å². The smallest absolute Gasteiger partial charge is 0.275 e. The highest BCUT2D eigenvalue weighted by Crippen LogP contribution is 2.32. The molecule has 16 heavy (non-hydrogen) atoms. The minimum absolute atomic E-state index is 0.00569. The van der Waals surface area contributed by atoms with Crippen molar-refractivity contribution in [3.8, 4) is 0 Å². The Labute approximate surface area is 103 Å². The number of carbonyl (C=O) groups is 2. The number of thiol groups is 1. The summed E-state index contributed by atoms with van der Waals surface area (Å²) < 4.78 is 0. The van der Waals surface area contributed by atoms with Crippen LogP contribution in [-0.2, 0) is 4.79 Å². The normalized spacial score (nSPS) is 12.1. The second kappa shape index (κ2) is 6.13. The quantitative estimate of drug-likeness (QED) is 0.474. The Kier molecular flexibility index (Phi) is 5.86. The Morgan fingerprint density at radius 2 is 1.69 bits per heavy atom. The molecule has 0 bridgehead atoms. The average molecular weight is 246 g/mol. The van der Waals surface area contributed by atoms with Crippen LogP contribution in [-0.4, -0.2) is 24.7 Å². The Balaban J connectivity index is 4.20. The number of hydrogen-bond donors (Lipinski definition) is 3. The zero-order valence-corrected chi connectivity index (χ0v) is 11.4. The average Bonchev–Trinajstić information content (AvgIpc) is 2.10. The summed E-state index contributed by atoms with van der Waals surface area (Å²) in [6, 6.07) is 0. The van der Waals surface area contributed by atoms with E-state index in [0.717, 1.165) is 6.42 Å². The van der Waals surface area contributed by atoms with Crippen LogP contribution in [0.15, 0.2) is 0 Å². The van der Waals surface area contributed by atoms with Gasteiger partial charge >= 0.3 is 0 Å². The summed E-state index contributed by atoms with van der Waals surface area (Å²) in [6.07, 6.45) is 1.61. The highest BCUT2D eigenvalue weighted by Gasteiger charge is 2.28. The Hall–Kier alpha value is -0.710. The van der Waals surface area contributed by atoms with E-state index >= 15 is 0 Å². The third kappa shape index (κ3) is 7.56. The third-order valence-electron chi connectivity index (χ3n) is 2.34. The predicted molar refractivity (Wildman–Crippen MR) is 68.6 cm³/mol. The van der Waals surface area contributed by atoms with Gasteiger partial charge in [0.15, 0.2) is 0 Å². The minimum atomic E-state index is -0.308. The first kappa shape index (κ1) is 15.3. The van der Waals surface area contributed by atoms with Crippen molar-refractivity contribution in [2.24, 2.45) is 10.8 Å². The van der Waals surface area contributed by atoms with Gasteiger partial charge in [-0.25, -0.2) is 0 Å². The maximum absolute atomic E-state index is 10.7. The van der Waals surface area contributed by atoms with Gasteiger partial charge in [0.2, 0.25) is 6.41 Å². The fourth-order valence-corrected chi connectivity index (χ4v) is 2.13. The van der Waals surface area contributed by atoms with Crippen LogP contribution in [0, 0.1) is 10.8 Å². The van der Waals surface area contributed by atoms with Gasteiger partial charge < -0.3 is 10.6 Å². The SMILES string of the molecule is CC(C)(CNC=O)CC(C)(C)CNC(=O)S. The lowest BCUT2D eigenvalue weighted by molar-refractivity contribution is -0.110. The maximum Gasteiger partial charge on any atom is 0.275 e. The van der Waals surface area contributed by atoms with E-state index in [2.05, 4.69) is 51.0 Å². The van der Waals surface area contributed by atoms with Crippen molar-refractivity contribution in [3.63, 3.8) is 0 Å². The molecule has 0 rings (SSSR count). The number of carbonyl (C=O) groups excluding carboxylic acids is 2. The van der Waals surface area contributed by atoms with E-state index in [-0.39, 0.29) is 16.1 Å². The zero-order valence-electron chi connectivity index (χ0n) is 10.5. The van der Waals surface area contributed by atoms with E-state index in [0.29, 0.717) is 19.5 Å². The molecule has 0 unspecified atom stereocenters. The fraction of sp³-hybridized carbons (Fsp3) is 0.818. The highest BCUT2D eigenvalue weighted by molar-refractivity contribution is 7.96. The monoisotopic (exact) mass is 246 g/mol. The molecule has 0 radical (unpaired) electrons. The molecule has 0 aromatic rings. The van der Waals surface area contributed by atoms with Gasteiger partial charge in [0.05, 0.1) is 0 Å². The lowest BCUT2D eigenvalue weighted by atomic mass is 9.75. The summed E-state index contributed by atoms with van der Waals surface area (Å²) in [5.41, 5.74) is -0.0157. The molecule has 0 heterocycles. The molecule has 2 N–H and O–H groups in total. The Morgan fingerprint density at radius 1 is 1.19 bits per heavy atom. The molecule has 0 aliphatic rings. The van der Waals surface area contributed by atoms with E-state index in [1.165, 1.54) is 0 Å². The van der Waals surface area contributed by atoms with Crippen LogP contribution in [0.3, 0.4) is 0 Å². The molecule has 0 spiro atoms. The maximum atomic E-state index is 10.7. The molecule has 0 aliphatic carbocycles. The molecule has 0 saturated heterocycles. The molecule has 0 aromatic carbocycles. The first-order valence-corrected chi connectivity index (χ1v) is 5.77. The van der Waals surface area contributed by atoms with E-state index in [1.54, 1.807) is 0 Å².